The van der Waals surface area contributed by atoms with Crippen LogP contribution in [0.5, 0.6) is 0 Å². The molecule has 2 aromatic heterocycles. The number of hydrogen-bond acceptors (Lipinski definition) is 4. The summed E-state index contributed by atoms with van der Waals surface area (Å²) < 4.78 is 13.2. The van der Waals surface area contributed by atoms with Crippen molar-refractivity contribution in [2.24, 2.45) is 13.0 Å². The van der Waals surface area contributed by atoms with E-state index in [4.69, 9.17) is 9.15 Å². The molecule has 1 atom stereocenters. The summed E-state index contributed by atoms with van der Waals surface area (Å²) in [6, 6.07) is 3.88. The third-order valence-electron chi connectivity index (χ3n) is 3.81. The molecule has 0 radical (unpaired) electrons. The SMILES string of the molecule is Cn1ccnc1C(NCCCOCC1CC1)c1ccco1. The molecule has 0 aliphatic heterocycles. The minimum Gasteiger partial charge on any atom is -0.467 e. The lowest BCUT2D eigenvalue weighted by atomic mass is 10.2. The van der Waals surface area contributed by atoms with Gasteiger partial charge in [0.15, 0.2) is 0 Å². The van der Waals surface area contributed by atoms with Gasteiger partial charge in [-0.3, -0.25) is 0 Å². The van der Waals surface area contributed by atoms with Gasteiger partial charge in [0, 0.05) is 32.7 Å². The number of imidazole rings is 1. The second-order valence-electron chi connectivity index (χ2n) is 5.67. The van der Waals surface area contributed by atoms with Crippen molar-refractivity contribution >= 4 is 0 Å². The Morgan fingerprint density at radius 2 is 2.43 bits per heavy atom. The zero-order valence-corrected chi connectivity index (χ0v) is 12.5. The maximum absolute atomic E-state index is 5.66. The Hall–Kier alpha value is -1.59. The molecule has 1 aliphatic carbocycles. The number of furan rings is 1. The van der Waals surface area contributed by atoms with Crippen molar-refractivity contribution < 1.29 is 9.15 Å². The van der Waals surface area contributed by atoms with Crippen molar-refractivity contribution in [3.63, 3.8) is 0 Å². The number of nitrogens with one attached hydrogen (secondary N) is 1. The van der Waals surface area contributed by atoms with Gasteiger partial charge in [0.05, 0.1) is 6.26 Å². The molecule has 5 heteroatoms. The lowest BCUT2D eigenvalue weighted by Crippen LogP contribution is -2.26. The van der Waals surface area contributed by atoms with Gasteiger partial charge in [-0.25, -0.2) is 4.98 Å². The van der Waals surface area contributed by atoms with Crippen LogP contribution in [0.25, 0.3) is 0 Å². The largest absolute Gasteiger partial charge is 0.467 e. The lowest BCUT2D eigenvalue weighted by Gasteiger charge is -2.16. The Morgan fingerprint density at radius 3 is 3.10 bits per heavy atom. The molecule has 21 heavy (non-hydrogen) atoms. The Labute approximate surface area is 125 Å². The lowest BCUT2D eigenvalue weighted by molar-refractivity contribution is 0.121. The van der Waals surface area contributed by atoms with Crippen LogP contribution in [0.15, 0.2) is 35.2 Å². The van der Waals surface area contributed by atoms with Gasteiger partial charge in [0.25, 0.3) is 0 Å². The molecular formula is C16H23N3O2. The highest BCUT2D eigenvalue weighted by Crippen LogP contribution is 2.28. The van der Waals surface area contributed by atoms with E-state index in [1.54, 1.807) is 6.26 Å². The molecule has 114 valence electrons. The maximum Gasteiger partial charge on any atom is 0.133 e. The first-order valence-corrected chi connectivity index (χ1v) is 7.66. The van der Waals surface area contributed by atoms with Crippen molar-refractivity contribution in [3.05, 3.63) is 42.4 Å². The number of hydrogen-bond donors (Lipinski definition) is 1. The van der Waals surface area contributed by atoms with Crippen LogP contribution in [0.1, 0.15) is 36.9 Å². The fourth-order valence-corrected chi connectivity index (χ4v) is 2.39. The molecule has 0 aromatic carbocycles. The number of rotatable bonds is 9. The summed E-state index contributed by atoms with van der Waals surface area (Å²) in [5.74, 6) is 2.69. The molecule has 0 spiro atoms. The highest BCUT2D eigenvalue weighted by Gasteiger charge is 2.21. The second kappa shape index (κ2) is 6.91. The first kappa shape index (κ1) is 14.4. The molecule has 1 fully saturated rings. The zero-order valence-electron chi connectivity index (χ0n) is 12.5. The predicted octanol–water partition coefficient (Wildman–Crippen LogP) is 2.51. The number of ether oxygens (including phenoxy) is 1. The van der Waals surface area contributed by atoms with E-state index in [1.165, 1.54) is 12.8 Å². The van der Waals surface area contributed by atoms with Gasteiger partial charge in [-0.05, 0) is 43.9 Å². The monoisotopic (exact) mass is 289 g/mol. The Bertz CT molecular complexity index is 531. The van der Waals surface area contributed by atoms with Crippen molar-refractivity contribution in [2.45, 2.75) is 25.3 Å². The fourth-order valence-electron chi connectivity index (χ4n) is 2.39. The maximum atomic E-state index is 5.66. The first-order valence-electron chi connectivity index (χ1n) is 7.66. The topological polar surface area (TPSA) is 52.2 Å². The number of nitrogens with zero attached hydrogens (tertiary/aromatic N) is 2. The minimum absolute atomic E-state index is 0.0107. The molecular weight excluding hydrogens is 266 g/mol. The van der Waals surface area contributed by atoms with Crippen LogP contribution in [0.2, 0.25) is 0 Å². The van der Waals surface area contributed by atoms with E-state index >= 15 is 0 Å². The summed E-state index contributed by atoms with van der Waals surface area (Å²) >= 11 is 0. The molecule has 0 saturated heterocycles. The molecule has 2 aromatic rings. The average molecular weight is 289 g/mol. The van der Waals surface area contributed by atoms with E-state index in [0.717, 1.165) is 43.7 Å². The van der Waals surface area contributed by atoms with Crippen molar-refractivity contribution in [1.82, 2.24) is 14.9 Å². The van der Waals surface area contributed by atoms with Crippen LogP contribution >= 0.6 is 0 Å². The van der Waals surface area contributed by atoms with Gasteiger partial charge < -0.3 is 19.0 Å². The molecule has 5 nitrogen and oxygen atoms in total. The molecule has 0 bridgehead atoms. The molecule has 1 N–H and O–H groups in total. The van der Waals surface area contributed by atoms with Crippen molar-refractivity contribution in [2.75, 3.05) is 19.8 Å². The third-order valence-corrected chi connectivity index (χ3v) is 3.81. The van der Waals surface area contributed by atoms with E-state index in [-0.39, 0.29) is 6.04 Å². The van der Waals surface area contributed by atoms with Crippen molar-refractivity contribution in [1.29, 1.82) is 0 Å². The highest BCUT2D eigenvalue weighted by atomic mass is 16.5. The molecule has 0 amide bonds. The molecule has 2 heterocycles. The smallest absolute Gasteiger partial charge is 0.133 e. The van der Waals surface area contributed by atoms with Gasteiger partial charge in [-0.1, -0.05) is 0 Å². The standard InChI is InChI=1S/C16H23N3O2/c1-19-9-8-18-16(19)15(14-4-2-11-21-14)17-7-3-10-20-12-13-5-6-13/h2,4,8-9,11,13,15,17H,3,5-7,10,12H2,1H3. The summed E-state index contributed by atoms with van der Waals surface area (Å²) in [5, 5.41) is 3.51. The van der Waals surface area contributed by atoms with E-state index in [1.807, 2.05) is 36.1 Å². The van der Waals surface area contributed by atoms with E-state index in [0.29, 0.717) is 0 Å². The fraction of sp³-hybridized carbons (Fsp3) is 0.562. The average Bonchev–Trinajstić information content (AvgIpc) is 2.97. The normalized spacial score (nSPS) is 16.2. The summed E-state index contributed by atoms with van der Waals surface area (Å²) in [6.45, 7) is 2.62. The van der Waals surface area contributed by atoms with Gasteiger partial charge in [-0.15, -0.1) is 0 Å². The predicted molar refractivity (Wildman–Crippen MR) is 79.9 cm³/mol. The van der Waals surface area contributed by atoms with Crippen molar-refractivity contribution in [3.8, 4) is 0 Å². The van der Waals surface area contributed by atoms with E-state index in [9.17, 15) is 0 Å². The first-order chi connectivity index (χ1) is 10.3. The van der Waals surface area contributed by atoms with Crippen LogP contribution in [-0.2, 0) is 11.8 Å². The Balaban J connectivity index is 1.49. The molecule has 1 aliphatic rings. The third kappa shape index (κ3) is 3.95. The second-order valence-corrected chi connectivity index (χ2v) is 5.67. The highest BCUT2D eigenvalue weighted by molar-refractivity contribution is 5.15. The quantitative estimate of drug-likeness (QED) is 0.721. The minimum atomic E-state index is -0.0107. The summed E-state index contributed by atoms with van der Waals surface area (Å²) in [5.41, 5.74) is 0. The van der Waals surface area contributed by atoms with Crippen LogP contribution in [0.3, 0.4) is 0 Å². The number of aromatic nitrogens is 2. The van der Waals surface area contributed by atoms with Crippen LogP contribution in [-0.4, -0.2) is 29.3 Å². The van der Waals surface area contributed by atoms with Gasteiger partial charge in [0.1, 0.15) is 17.6 Å². The molecule has 3 rings (SSSR count). The van der Waals surface area contributed by atoms with Gasteiger partial charge in [0.2, 0.25) is 0 Å². The summed E-state index contributed by atoms with van der Waals surface area (Å²) in [6.07, 6.45) is 9.15. The van der Waals surface area contributed by atoms with Crippen LogP contribution in [0, 0.1) is 5.92 Å². The van der Waals surface area contributed by atoms with E-state index < -0.39 is 0 Å². The summed E-state index contributed by atoms with van der Waals surface area (Å²) in [7, 11) is 2.00. The van der Waals surface area contributed by atoms with Gasteiger partial charge in [-0.2, -0.15) is 0 Å². The molecule has 1 unspecified atom stereocenters. The molecule has 1 saturated carbocycles. The van der Waals surface area contributed by atoms with Crippen LogP contribution < -0.4 is 5.32 Å². The zero-order chi connectivity index (χ0) is 14.5. The number of aryl methyl sites for hydroxylation is 1. The van der Waals surface area contributed by atoms with Crippen LogP contribution in [0.4, 0.5) is 0 Å². The Kier molecular flexibility index (Phi) is 4.72. The van der Waals surface area contributed by atoms with Gasteiger partial charge >= 0.3 is 0 Å². The van der Waals surface area contributed by atoms with E-state index in [2.05, 4.69) is 10.3 Å². The summed E-state index contributed by atoms with van der Waals surface area (Å²) in [4.78, 5) is 4.43. The Morgan fingerprint density at radius 1 is 1.52 bits per heavy atom.